The summed E-state index contributed by atoms with van der Waals surface area (Å²) in [7, 11) is 0. The summed E-state index contributed by atoms with van der Waals surface area (Å²) in [4.78, 5) is 31.3. The van der Waals surface area contributed by atoms with Gasteiger partial charge in [-0.15, -0.1) is 11.3 Å². The number of carbonyl (C=O) groups is 1. The zero-order valence-electron chi connectivity index (χ0n) is 15.3. The smallest absolute Gasteiger partial charge is 0.303 e. The number of thiophene rings is 1. The topological polar surface area (TPSA) is 72.2 Å². The lowest BCUT2D eigenvalue weighted by molar-refractivity contribution is -0.137. The first-order chi connectivity index (χ1) is 13.0. The van der Waals surface area contributed by atoms with Crippen LogP contribution in [0.3, 0.4) is 0 Å². The number of benzene rings is 1. The number of carboxylic acids is 1. The van der Waals surface area contributed by atoms with Crippen molar-refractivity contribution in [3.05, 3.63) is 51.1 Å². The van der Waals surface area contributed by atoms with E-state index in [0.717, 1.165) is 40.6 Å². The summed E-state index contributed by atoms with van der Waals surface area (Å²) in [6.07, 6.45) is 3.48. The third-order valence-electron chi connectivity index (χ3n) is 5.22. The van der Waals surface area contributed by atoms with E-state index in [2.05, 4.69) is 6.92 Å². The first-order valence-corrected chi connectivity index (χ1v) is 10.2. The molecule has 140 valence electrons. The highest BCUT2D eigenvalue weighted by Gasteiger charge is 2.24. The lowest BCUT2D eigenvalue weighted by Gasteiger charge is -2.18. The summed E-state index contributed by atoms with van der Waals surface area (Å²) in [6, 6.07) is 9.66. The Kier molecular flexibility index (Phi) is 4.83. The minimum atomic E-state index is -0.847. The molecule has 1 aromatic carbocycles. The minimum absolute atomic E-state index is 0.0312. The van der Waals surface area contributed by atoms with Gasteiger partial charge in [0.05, 0.1) is 5.39 Å². The quantitative estimate of drug-likeness (QED) is 0.721. The zero-order valence-corrected chi connectivity index (χ0v) is 16.1. The molecule has 0 saturated carbocycles. The summed E-state index contributed by atoms with van der Waals surface area (Å²) in [5.74, 6) is 0.419. The van der Waals surface area contributed by atoms with Crippen LogP contribution >= 0.6 is 11.3 Å². The molecule has 1 unspecified atom stereocenters. The van der Waals surface area contributed by atoms with Crippen LogP contribution in [-0.2, 0) is 24.2 Å². The van der Waals surface area contributed by atoms with Gasteiger partial charge in [-0.2, -0.15) is 0 Å². The van der Waals surface area contributed by atoms with Gasteiger partial charge in [0.1, 0.15) is 10.7 Å². The third-order valence-corrected chi connectivity index (χ3v) is 6.37. The normalized spacial score (nSPS) is 16.4. The molecule has 0 radical (unpaired) electrons. The molecule has 1 atom stereocenters. The molecule has 0 spiro atoms. The van der Waals surface area contributed by atoms with Gasteiger partial charge in [-0.25, -0.2) is 4.98 Å². The van der Waals surface area contributed by atoms with E-state index < -0.39 is 5.97 Å². The zero-order chi connectivity index (χ0) is 19.0. The molecule has 2 heterocycles. The predicted octanol–water partition coefficient (Wildman–Crippen LogP) is 4.11. The van der Waals surface area contributed by atoms with Crippen molar-refractivity contribution in [1.29, 1.82) is 0 Å². The van der Waals surface area contributed by atoms with Crippen molar-refractivity contribution in [2.75, 3.05) is 0 Å². The number of aryl methyl sites for hydroxylation is 1. The number of hydrogen-bond acceptors (Lipinski definition) is 4. The molecule has 27 heavy (non-hydrogen) atoms. The fourth-order valence-electron chi connectivity index (χ4n) is 3.83. The van der Waals surface area contributed by atoms with Gasteiger partial charge in [-0.1, -0.05) is 37.3 Å². The van der Waals surface area contributed by atoms with Crippen LogP contribution in [0.25, 0.3) is 21.6 Å². The standard InChI is InChI=1S/C21H22N2O3S/c1-13-9-10-15-16(12-13)27-20-18(15)21(26)23(11-5-8-17(24)25)19(22-20)14-6-3-2-4-7-14/h2-4,6-7,13H,5,8-12H2,1H3,(H,24,25). The molecule has 6 heteroatoms. The van der Waals surface area contributed by atoms with Crippen molar-refractivity contribution in [1.82, 2.24) is 9.55 Å². The molecular formula is C21H22N2O3S. The van der Waals surface area contributed by atoms with Gasteiger partial charge < -0.3 is 5.11 Å². The Morgan fingerprint density at radius 1 is 1.33 bits per heavy atom. The molecule has 0 aliphatic heterocycles. The maximum Gasteiger partial charge on any atom is 0.303 e. The summed E-state index contributed by atoms with van der Waals surface area (Å²) in [5, 5.41) is 9.71. The van der Waals surface area contributed by atoms with Crippen LogP contribution in [0.5, 0.6) is 0 Å². The van der Waals surface area contributed by atoms with Crippen molar-refractivity contribution < 1.29 is 9.90 Å². The van der Waals surface area contributed by atoms with Crippen molar-refractivity contribution in [3.8, 4) is 11.4 Å². The number of hydrogen-bond donors (Lipinski definition) is 1. The maximum absolute atomic E-state index is 13.4. The van der Waals surface area contributed by atoms with E-state index in [1.807, 2.05) is 30.3 Å². The van der Waals surface area contributed by atoms with Crippen LogP contribution in [0.2, 0.25) is 0 Å². The number of nitrogens with zero attached hydrogens (tertiary/aromatic N) is 2. The Morgan fingerprint density at radius 3 is 2.85 bits per heavy atom. The molecule has 0 fully saturated rings. The highest BCUT2D eigenvalue weighted by Crippen LogP contribution is 2.36. The highest BCUT2D eigenvalue weighted by atomic mass is 32.1. The molecule has 3 aromatic rings. The SMILES string of the molecule is CC1CCc2c(sc3nc(-c4ccccc4)n(CCCC(=O)O)c(=O)c23)C1. The summed E-state index contributed by atoms with van der Waals surface area (Å²) >= 11 is 1.65. The number of carboxylic acid groups (broad SMARTS) is 1. The highest BCUT2D eigenvalue weighted by molar-refractivity contribution is 7.18. The molecule has 0 bridgehead atoms. The van der Waals surface area contributed by atoms with Crippen LogP contribution in [0.1, 0.15) is 36.6 Å². The third kappa shape index (κ3) is 3.41. The van der Waals surface area contributed by atoms with E-state index in [-0.39, 0.29) is 12.0 Å². The molecular weight excluding hydrogens is 360 g/mol. The van der Waals surface area contributed by atoms with Crippen LogP contribution in [0, 0.1) is 5.92 Å². The summed E-state index contributed by atoms with van der Waals surface area (Å²) in [5.41, 5.74) is 2.01. The Morgan fingerprint density at radius 2 is 2.11 bits per heavy atom. The molecule has 4 rings (SSSR count). The maximum atomic E-state index is 13.4. The first-order valence-electron chi connectivity index (χ1n) is 9.37. The fraction of sp³-hybridized carbons (Fsp3) is 0.381. The van der Waals surface area contributed by atoms with Gasteiger partial charge >= 0.3 is 5.97 Å². The van der Waals surface area contributed by atoms with Gasteiger partial charge in [0.25, 0.3) is 5.56 Å². The van der Waals surface area contributed by atoms with Crippen molar-refractivity contribution in [2.24, 2.45) is 5.92 Å². The van der Waals surface area contributed by atoms with E-state index in [4.69, 9.17) is 10.1 Å². The van der Waals surface area contributed by atoms with Crippen molar-refractivity contribution >= 4 is 27.5 Å². The summed E-state index contributed by atoms with van der Waals surface area (Å²) in [6.45, 7) is 2.61. The molecule has 0 amide bonds. The van der Waals surface area contributed by atoms with Gasteiger partial charge in [0.15, 0.2) is 0 Å². The molecule has 1 aliphatic carbocycles. The number of rotatable bonds is 5. The van der Waals surface area contributed by atoms with Gasteiger partial charge in [-0.3, -0.25) is 14.2 Å². The Balaban J connectivity index is 1.89. The van der Waals surface area contributed by atoms with Crippen LogP contribution in [-0.4, -0.2) is 20.6 Å². The van der Waals surface area contributed by atoms with E-state index in [0.29, 0.717) is 24.7 Å². The van der Waals surface area contributed by atoms with Crippen LogP contribution in [0.4, 0.5) is 0 Å². The average molecular weight is 382 g/mol. The Hall–Kier alpha value is -2.47. The minimum Gasteiger partial charge on any atom is -0.481 e. The first kappa shape index (κ1) is 17.9. The second-order valence-corrected chi connectivity index (χ2v) is 8.37. The largest absolute Gasteiger partial charge is 0.481 e. The molecule has 1 aliphatic rings. The van der Waals surface area contributed by atoms with Crippen LogP contribution < -0.4 is 5.56 Å². The molecule has 5 nitrogen and oxygen atoms in total. The lowest BCUT2D eigenvalue weighted by Crippen LogP contribution is -2.24. The van der Waals surface area contributed by atoms with Crippen molar-refractivity contribution in [3.63, 3.8) is 0 Å². The number of aliphatic carboxylic acids is 1. The van der Waals surface area contributed by atoms with E-state index >= 15 is 0 Å². The van der Waals surface area contributed by atoms with E-state index in [1.165, 1.54) is 4.88 Å². The second-order valence-electron chi connectivity index (χ2n) is 7.29. The predicted molar refractivity (Wildman–Crippen MR) is 107 cm³/mol. The van der Waals surface area contributed by atoms with Gasteiger partial charge in [0, 0.05) is 23.4 Å². The average Bonchev–Trinajstić information content (AvgIpc) is 3.01. The molecule has 0 saturated heterocycles. The Labute approximate surface area is 161 Å². The molecule has 2 aromatic heterocycles. The van der Waals surface area contributed by atoms with E-state index in [1.54, 1.807) is 15.9 Å². The van der Waals surface area contributed by atoms with Gasteiger partial charge in [-0.05, 0) is 37.2 Å². The van der Waals surface area contributed by atoms with Gasteiger partial charge in [0.2, 0.25) is 0 Å². The monoisotopic (exact) mass is 382 g/mol. The van der Waals surface area contributed by atoms with E-state index in [9.17, 15) is 9.59 Å². The lowest BCUT2D eigenvalue weighted by atomic mass is 9.89. The molecule has 1 N–H and O–H groups in total. The number of aromatic nitrogens is 2. The Bertz CT molecular complexity index is 1050. The fourth-order valence-corrected chi connectivity index (χ4v) is 5.20. The summed E-state index contributed by atoms with van der Waals surface area (Å²) < 4.78 is 1.67. The number of fused-ring (bicyclic) bond motifs is 3. The van der Waals surface area contributed by atoms with Crippen LogP contribution in [0.15, 0.2) is 35.1 Å². The second kappa shape index (κ2) is 7.27. The van der Waals surface area contributed by atoms with Crippen molar-refractivity contribution in [2.45, 2.75) is 45.6 Å².